The van der Waals surface area contributed by atoms with Gasteiger partial charge in [0.05, 0.1) is 12.7 Å². The molecular formula is C12H17NO2S. The topological polar surface area (TPSA) is 42.4 Å². The lowest BCUT2D eigenvalue weighted by atomic mass is 10.1. The number of unbranched alkanes of at least 4 members (excludes halogenated alkanes) is 1. The van der Waals surface area contributed by atoms with Crippen LogP contribution < -0.4 is 0 Å². The molecule has 1 heterocycles. The zero-order valence-electron chi connectivity index (χ0n) is 9.43. The molecule has 0 saturated carbocycles. The van der Waals surface area contributed by atoms with Crippen molar-refractivity contribution in [2.45, 2.75) is 32.3 Å². The van der Waals surface area contributed by atoms with Crippen molar-refractivity contribution in [1.82, 2.24) is 4.98 Å². The Labute approximate surface area is 101 Å². The normalized spacial score (nSPS) is 12.1. The van der Waals surface area contributed by atoms with E-state index in [9.17, 15) is 5.11 Å². The molecule has 1 atom stereocenters. The van der Waals surface area contributed by atoms with E-state index in [0.29, 0.717) is 11.7 Å². The van der Waals surface area contributed by atoms with Gasteiger partial charge in [-0.2, -0.15) is 0 Å². The molecule has 16 heavy (non-hydrogen) atoms. The van der Waals surface area contributed by atoms with Crippen molar-refractivity contribution in [2.24, 2.45) is 0 Å². The number of hydrogen-bond acceptors (Lipinski definition) is 4. The first-order valence-corrected chi connectivity index (χ1v) is 5.82. The zero-order valence-corrected chi connectivity index (χ0v) is 10.2. The van der Waals surface area contributed by atoms with Gasteiger partial charge in [0.2, 0.25) is 0 Å². The molecule has 4 heteroatoms. The summed E-state index contributed by atoms with van der Waals surface area (Å²) in [7, 11) is 0. The molecule has 3 nitrogen and oxygen atoms in total. The molecule has 0 fully saturated rings. The standard InChI is InChI=1S/C12H17NO2S/c1-10(16)15-8-3-2-6-12(14)11-5-4-7-13-9-11/h4-5,7,9,12,14H,2-3,6,8H2,1H3/t12-/m1/s1. The third kappa shape index (κ3) is 5.19. The van der Waals surface area contributed by atoms with Crippen LogP contribution in [-0.4, -0.2) is 21.7 Å². The van der Waals surface area contributed by atoms with Gasteiger partial charge < -0.3 is 9.84 Å². The second-order valence-corrected chi connectivity index (χ2v) is 4.21. The van der Waals surface area contributed by atoms with Gasteiger partial charge in [0, 0.05) is 19.3 Å². The van der Waals surface area contributed by atoms with Crippen LogP contribution in [0.2, 0.25) is 0 Å². The molecule has 0 unspecified atom stereocenters. The highest BCUT2D eigenvalue weighted by Gasteiger charge is 2.06. The minimum atomic E-state index is -0.428. The van der Waals surface area contributed by atoms with Crippen LogP contribution in [0.25, 0.3) is 0 Å². The highest BCUT2D eigenvalue weighted by atomic mass is 32.1. The van der Waals surface area contributed by atoms with Crippen LogP contribution >= 0.6 is 12.2 Å². The predicted molar refractivity (Wildman–Crippen MR) is 67.3 cm³/mol. The highest BCUT2D eigenvalue weighted by Crippen LogP contribution is 2.17. The van der Waals surface area contributed by atoms with Gasteiger partial charge in [-0.05, 0) is 43.1 Å². The molecule has 1 rings (SSSR count). The van der Waals surface area contributed by atoms with E-state index in [2.05, 4.69) is 4.98 Å². The van der Waals surface area contributed by atoms with Gasteiger partial charge in [-0.15, -0.1) is 0 Å². The molecule has 0 aliphatic heterocycles. The maximum atomic E-state index is 9.82. The van der Waals surface area contributed by atoms with E-state index in [1.807, 2.05) is 12.1 Å². The first-order chi connectivity index (χ1) is 7.70. The summed E-state index contributed by atoms with van der Waals surface area (Å²) in [6.45, 7) is 2.40. The fourth-order valence-electron chi connectivity index (χ4n) is 1.40. The average molecular weight is 239 g/mol. The highest BCUT2D eigenvalue weighted by molar-refractivity contribution is 7.80. The fourth-order valence-corrected chi connectivity index (χ4v) is 1.48. The van der Waals surface area contributed by atoms with Gasteiger partial charge in [0.1, 0.15) is 0 Å². The van der Waals surface area contributed by atoms with Crippen LogP contribution in [0.15, 0.2) is 24.5 Å². The minimum absolute atomic E-state index is 0.428. The molecule has 0 aliphatic carbocycles. The predicted octanol–water partition coefficient (Wildman–Crippen LogP) is 2.65. The maximum Gasteiger partial charge on any atom is 0.156 e. The first-order valence-electron chi connectivity index (χ1n) is 5.41. The van der Waals surface area contributed by atoms with Gasteiger partial charge in [-0.3, -0.25) is 4.98 Å². The van der Waals surface area contributed by atoms with Crippen molar-refractivity contribution < 1.29 is 9.84 Å². The molecule has 0 radical (unpaired) electrons. The number of rotatable bonds is 6. The molecule has 1 aromatic heterocycles. The Balaban J connectivity index is 2.16. The van der Waals surface area contributed by atoms with E-state index in [-0.39, 0.29) is 0 Å². The monoisotopic (exact) mass is 239 g/mol. The molecule has 0 aromatic carbocycles. The molecule has 0 aliphatic rings. The fraction of sp³-hybridized carbons (Fsp3) is 0.500. The van der Waals surface area contributed by atoms with Crippen LogP contribution in [0.5, 0.6) is 0 Å². The molecule has 0 amide bonds. The Morgan fingerprint density at radius 2 is 2.38 bits per heavy atom. The van der Waals surface area contributed by atoms with Gasteiger partial charge in [-0.25, -0.2) is 0 Å². The van der Waals surface area contributed by atoms with Crippen LogP contribution in [0.3, 0.4) is 0 Å². The maximum absolute atomic E-state index is 9.82. The summed E-state index contributed by atoms with van der Waals surface area (Å²) in [6.07, 6.45) is 5.52. The number of pyridine rings is 1. The number of aromatic nitrogens is 1. The lowest BCUT2D eigenvalue weighted by molar-refractivity contribution is 0.160. The van der Waals surface area contributed by atoms with E-state index < -0.39 is 6.10 Å². The van der Waals surface area contributed by atoms with Crippen LogP contribution in [-0.2, 0) is 4.74 Å². The number of aliphatic hydroxyl groups is 1. The van der Waals surface area contributed by atoms with E-state index in [1.165, 1.54) is 0 Å². The van der Waals surface area contributed by atoms with E-state index in [4.69, 9.17) is 17.0 Å². The first kappa shape index (κ1) is 13.1. The number of thiocarbonyl (C=S) groups is 1. The van der Waals surface area contributed by atoms with Crippen molar-refractivity contribution in [3.63, 3.8) is 0 Å². The number of nitrogens with zero attached hydrogens (tertiary/aromatic N) is 1. The molecule has 0 bridgehead atoms. The van der Waals surface area contributed by atoms with Gasteiger partial charge in [-0.1, -0.05) is 6.07 Å². The molecule has 1 aromatic rings. The SMILES string of the molecule is CC(=S)OCCCC[C@@H](O)c1cccnc1. The summed E-state index contributed by atoms with van der Waals surface area (Å²) in [5.41, 5.74) is 0.870. The molecular weight excluding hydrogens is 222 g/mol. The van der Waals surface area contributed by atoms with Crippen LogP contribution in [0.1, 0.15) is 37.9 Å². The van der Waals surface area contributed by atoms with Crippen LogP contribution in [0, 0.1) is 0 Å². The van der Waals surface area contributed by atoms with Crippen molar-refractivity contribution >= 4 is 17.3 Å². The lowest BCUT2D eigenvalue weighted by Gasteiger charge is -2.10. The second kappa shape index (κ2) is 7.30. The van der Waals surface area contributed by atoms with Crippen molar-refractivity contribution in [3.8, 4) is 0 Å². The Hall–Kier alpha value is -1.00. The quantitative estimate of drug-likeness (QED) is 0.612. The molecule has 0 spiro atoms. The Morgan fingerprint density at radius 1 is 1.56 bits per heavy atom. The van der Waals surface area contributed by atoms with Crippen molar-refractivity contribution in [1.29, 1.82) is 0 Å². The number of ether oxygens (including phenoxy) is 1. The van der Waals surface area contributed by atoms with E-state index in [1.54, 1.807) is 19.3 Å². The van der Waals surface area contributed by atoms with Gasteiger partial charge in [0.25, 0.3) is 0 Å². The summed E-state index contributed by atoms with van der Waals surface area (Å²) in [4.78, 5) is 3.97. The van der Waals surface area contributed by atoms with Crippen LogP contribution in [0.4, 0.5) is 0 Å². The lowest BCUT2D eigenvalue weighted by Crippen LogP contribution is -2.01. The average Bonchev–Trinajstić information content (AvgIpc) is 2.29. The molecule has 88 valence electrons. The largest absolute Gasteiger partial charge is 0.487 e. The Kier molecular flexibility index (Phi) is 5.96. The number of aliphatic hydroxyl groups excluding tert-OH is 1. The van der Waals surface area contributed by atoms with Gasteiger partial charge >= 0.3 is 0 Å². The number of hydrogen-bond donors (Lipinski definition) is 1. The molecule has 0 saturated heterocycles. The second-order valence-electron chi connectivity index (χ2n) is 3.64. The minimum Gasteiger partial charge on any atom is -0.487 e. The third-order valence-corrected chi connectivity index (χ3v) is 2.36. The third-order valence-electron chi connectivity index (χ3n) is 2.25. The van der Waals surface area contributed by atoms with Crippen molar-refractivity contribution in [2.75, 3.05) is 6.61 Å². The smallest absolute Gasteiger partial charge is 0.156 e. The summed E-state index contributed by atoms with van der Waals surface area (Å²) in [5.74, 6) is 0. The molecule has 1 N–H and O–H groups in total. The summed E-state index contributed by atoms with van der Waals surface area (Å²) in [6, 6.07) is 3.71. The summed E-state index contributed by atoms with van der Waals surface area (Å²) < 4.78 is 5.17. The van der Waals surface area contributed by atoms with E-state index >= 15 is 0 Å². The Bertz CT molecular complexity index is 316. The van der Waals surface area contributed by atoms with Crippen molar-refractivity contribution in [3.05, 3.63) is 30.1 Å². The summed E-state index contributed by atoms with van der Waals surface area (Å²) in [5, 5.41) is 10.4. The zero-order chi connectivity index (χ0) is 11.8. The van der Waals surface area contributed by atoms with Gasteiger partial charge in [0.15, 0.2) is 5.05 Å². The van der Waals surface area contributed by atoms with E-state index in [0.717, 1.165) is 24.8 Å². The summed E-state index contributed by atoms with van der Waals surface area (Å²) >= 11 is 4.79. The Morgan fingerprint density at radius 3 is 3.00 bits per heavy atom.